The van der Waals surface area contributed by atoms with E-state index in [9.17, 15) is 8.42 Å². The van der Waals surface area contributed by atoms with E-state index in [0.29, 0.717) is 17.1 Å². The van der Waals surface area contributed by atoms with Gasteiger partial charge in [0.05, 0.1) is 22.8 Å². The van der Waals surface area contributed by atoms with E-state index in [0.717, 1.165) is 11.4 Å². The Morgan fingerprint density at radius 3 is 2.53 bits per heavy atom. The summed E-state index contributed by atoms with van der Waals surface area (Å²) in [5, 5.41) is 3.12. The minimum absolute atomic E-state index is 0.308. The van der Waals surface area contributed by atoms with Gasteiger partial charge in [-0.05, 0) is 31.2 Å². The van der Waals surface area contributed by atoms with E-state index in [-0.39, 0.29) is 0 Å². The first-order valence-electron chi connectivity index (χ1n) is 5.92. The summed E-state index contributed by atoms with van der Waals surface area (Å²) in [7, 11) is -3.23. The lowest BCUT2D eigenvalue weighted by Crippen LogP contribution is -2.07. The summed E-state index contributed by atoms with van der Waals surface area (Å²) < 4.78 is 23.3. The monoisotopic (exact) mass is 276 g/mol. The van der Waals surface area contributed by atoms with Gasteiger partial charge in [-0.3, -0.25) is 4.98 Å². The summed E-state index contributed by atoms with van der Waals surface area (Å²) in [4.78, 5) is 4.68. The van der Waals surface area contributed by atoms with Crippen molar-refractivity contribution in [2.24, 2.45) is 0 Å². The quantitative estimate of drug-likeness (QED) is 0.931. The molecule has 4 nitrogen and oxygen atoms in total. The van der Waals surface area contributed by atoms with Crippen LogP contribution < -0.4 is 5.32 Å². The molecule has 2 aromatic rings. The van der Waals surface area contributed by atoms with Gasteiger partial charge in [0.2, 0.25) is 0 Å². The van der Waals surface area contributed by atoms with Crippen LogP contribution in [0.3, 0.4) is 0 Å². The van der Waals surface area contributed by atoms with Crippen LogP contribution in [0, 0.1) is 6.92 Å². The van der Waals surface area contributed by atoms with Gasteiger partial charge >= 0.3 is 0 Å². The second kappa shape index (κ2) is 5.40. The van der Waals surface area contributed by atoms with Crippen LogP contribution >= 0.6 is 0 Å². The maximum atomic E-state index is 11.7. The van der Waals surface area contributed by atoms with Gasteiger partial charge in [-0.1, -0.05) is 18.2 Å². The van der Waals surface area contributed by atoms with E-state index in [1.54, 1.807) is 24.3 Å². The summed E-state index contributed by atoms with van der Waals surface area (Å²) in [6.07, 6.45) is 1.21. The fourth-order valence-electron chi connectivity index (χ4n) is 1.82. The maximum Gasteiger partial charge on any atom is 0.177 e. The van der Waals surface area contributed by atoms with Gasteiger partial charge in [0, 0.05) is 11.9 Å². The molecule has 0 radical (unpaired) electrons. The summed E-state index contributed by atoms with van der Waals surface area (Å²) in [6, 6.07) is 12.6. The highest BCUT2D eigenvalue weighted by molar-refractivity contribution is 7.90. The van der Waals surface area contributed by atoms with E-state index in [1.165, 1.54) is 6.26 Å². The van der Waals surface area contributed by atoms with E-state index in [4.69, 9.17) is 0 Å². The Labute approximate surface area is 113 Å². The number of hydrogen-bond acceptors (Lipinski definition) is 4. The van der Waals surface area contributed by atoms with Crippen molar-refractivity contribution in [3.8, 4) is 0 Å². The van der Waals surface area contributed by atoms with Crippen LogP contribution in [-0.2, 0) is 16.4 Å². The molecule has 0 spiro atoms. The summed E-state index contributed by atoms with van der Waals surface area (Å²) >= 11 is 0. The van der Waals surface area contributed by atoms with E-state index < -0.39 is 9.84 Å². The van der Waals surface area contributed by atoms with Crippen LogP contribution in [0.4, 0.5) is 5.69 Å². The Morgan fingerprint density at radius 2 is 1.84 bits per heavy atom. The molecular weight excluding hydrogens is 260 g/mol. The molecule has 0 fully saturated rings. The Morgan fingerprint density at radius 1 is 1.11 bits per heavy atom. The lowest BCUT2D eigenvalue weighted by atomic mass is 10.3. The number of anilines is 1. The number of nitrogens with zero attached hydrogens (tertiary/aromatic N) is 1. The van der Waals surface area contributed by atoms with Crippen LogP contribution in [0.5, 0.6) is 0 Å². The van der Waals surface area contributed by atoms with Gasteiger partial charge in [0.1, 0.15) is 0 Å². The Balaban J connectivity index is 2.21. The van der Waals surface area contributed by atoms with Crippen molar-refractivity contribution in [1.82, 2.24) is 4.98 Å². The summed E-state index contributed by atoms with van der Waals surface area (Å²) in [5.41, 5.74) is 2.42. The van der Waals surface area contributed by atoms with E-state index in [2.05, 4.69) is 10.3 Å². The molecule has 0 aliphatic rings. The van der Waals surface area contributed by atoms with Crippen molar-refractivity contribution in [3.63, 3.8) is 0 Å². The zero-order valence-corrected chi connectivity index (χ0v) is 11.7. The van der Waals surface area contributed by atoms with Gasteiger partial charge < -0.3 is 5.32 Å². The molecule has 19 heavy (non-hydrogen) atoms. The van der Waals surface area contributed by atoms with Crippen LogP contribution in [0.2, 0.25) is 0 Å². The van der Waals surface area contributed by atoms with Crippen molar-refractivity contribution < 1.29 is 8.42 Å². The third kappa shape index (κ3) is 3.54. The Hall–Kier alpha value is -1.88. The van der Waals surface area contributed by atoms with Crippen molar-refractivity contribution >= 4 is 15.5 Å². The largest absolute Gasteiger partial charge is 0.378 e. The van der Waals surface area contributed by atoms with Gasteiger partial charge in [0.15, 0.2) is 9.84 Å². The first kappa shape index (κ1) is 13.5. The van der Waals surface area contributed by atoms with Crippen LogP contribution in [0.1, 0.15) is 11.4 Å². The molecule has 1 N–H and O–H groups in total. The Bertz CT molecular complexity index is 681. The average Bonchev–Trinajstić information content (AvgIpc) is 2.36. The van der Waals surface area contributed by atoms with Crippen LogP contribution in [0.25, 0.3) is 0 Å². The highest BCUT2D eigenvalue weighted by Crippen LogP contribution is 2.20. The zero-order valence-electron chi connectivity index (χ0n) is 10.9. The van der Waals surface area contributed by atoms with Crippen molar-refractivity contribution in [2.75, 3.05) is 11.6 Å². The normalized spacial score (nSPS) is 11.3. The molecule has 0 saturated heterocycles. The SMILES string of the molecule is Cc1cccc(CNc2ccccc2S(C)(=O)=O)n1. The number of hydrogen-bond donors (Lipinski definition) is 1. The van der Waals surface area contributed by atoms with Gasteiger partial charge in [-0.15, -0.1) is 0 Å². The molecule has 1 aromatic carbocycles. The number of aryl methyl sites for hydroxylation is 1. The van der Waals surface area contributed by atoms with Crippen LogP contribution in [-0.4, -0.2) is 19.7 Å². The molecule has 1 aromatic heterocycles. The minimum atomic E-state index is -3.23. The molecule has 0 aliphatic heterocycles. The standard InChI is InChI=1S/C14H16N2O2S/c1-11-6-5-7-12(16-11)10-15-13-8-3-4-9-14(13)19(2,17)18/h3-9,15H,10H2,1-2H3. The van der Waals surface area contributed by atoms with Gasteiger partial charge in [-0.25, -0.2) is 8.42 Å². The predicted molar refractivity (Wildman–Crippen MR) is 75.9 cm³/mol. The summed E-state index contributed by atoms with van der Waals surface area (Å²) in [6.45, 7) is 2.42. The molecule has 5 heteroatoms. The molecular formula is C14H16N2O2S. The number of nitrogens with one attached hydrogen (secondary N) is 1. The summed E-state index contributed by atoms with van der Waals surface area (Å²) in [5.74, 6) is 0. The lowest BCUT2D eigenvalue weighted by Gasteiger charge is -2.10. The second-order valence-electron chi connectivity index (χ2n) is 4.39. The molecule has 100 valence electrons. The molecule has 0 unspecified atom stereocenters. The third-order valence-electron chi connectivity index (χ3n) is 2.69. The highest BCUT2D eigenvalue weighted by atomic mass is 32.2. The predicted octanol–water partition coefficient (Wildman–Crippen LogP) is 2.41. The minimum Gasteiger partial charge on any atom is -0.378 e. The zero-order chi connectivity index (χ0) is 13.9. The number of benzene rings is 1. The van der Waals surface area contributed by atoms with Gasteiger partial charge in [-0.2, -0.15) is 0 Å². The maximum absolute atomic E-state index is 11.7. The molecule has 0 atom stereocenters. The van der Waals surface area contributed by atoms with Crippen LogP contribution in [0.15, 0.2) is 47.4 Å². The highest BCUT2D eigenvalue weighted by Gasteiger charge is 2.12. The molecule has 0 bridgehead atoms. The molecule has 0 aliphatic carbocycles. The second-order valence-corrected chi connectivity index (χ2v) is 6.38. The van der Waals surface area contributed by atoms with E-state index >= 15 is 0 Å². The van der Waals surface area contributed by atoms with Crippen molar-refractivity contribution in [3.05, 3.63) is 53.9 Å². The smallest absolute Gasteiger partial charge is 0.177 e. The first-order chi connectivity index (χ1) is 8.97. The van der Waals surface area contributed by atoms with E-state index in [1.807, 2.05) is 25.1 Å². The molecule has 0 saturated carbocycles. The average molecular weight is 276 g/mol. The molecule has 0 amide bonds. The molecule has 1 heterocycles. The van der Waals surface area contributed by atoms with Crippen molar-refractivity contribution in [1.29, 1.82) is 0 Å². The third-order valence-corrected chi connectivity index (χ3v) is 3.85. The first-order valence-corrected chi connectivity index (χ1v) is 7.81. The fraction of sp³-hybridized carbons (Fsp3) is 0.214. The molecule has 2 rings (SSSR count). The topological polar surface area (TPSA) is 59.1 Å². The fourth-order valence-corrected chi connectivity index (χ4v) is 2.69. The Kier molecular flexibility index (Phi) is 3.85. The number of rotatable bonds is 4. The number of pyridine rings is 1. The lowest BCUT2D eigenvalue weighted by molar-refractivity contribution is 0.602. The number of para-hydroxylation sites is 1. The number of aromatic nitrogens is 1. The van der Waals surface area contributed by atoms with Gasteiger partial charge in [0.25, 0.3) is 0 Å². The van der Waals surface area contributed by atoms with Crippen molar-refractivity contribution in [2.45, 2.75) is 18.4 Å². The number of sulfone groups is 1.